The van der Waals surface area contributed by atoms with Crippen molar-refractivity contribution in [3.05, 3.63) is 0 Å². The summed E-state index contributed by atoms with van der Waals surface area (Å²) in [4.78, 5) is 9.71. The molecule has 0 aliphatic rings. The van der Waals surface area contributed by atoms with Crippen LogP contribution in [0.15, 0.2) is 0 Å². The molecule has 0 saturated heterocycles. The molecule has 0 bridgehead atoms. The molecule has 0 atom stereocenters. The van der Waals surface area contributed by atoms with Gasteiger partial charge in [-0.25, -0.2) is 0 Å². The number of carboxylic acid groups (broad SMARTS) is 1. The van der Waals surface area contributed by atoms with Crippen LogP contribution in [0.1, 0.15) is 6.42 Å². The van der Waals surface area contributed by atoms with E-state index < -0.39 is 23.5 Å². The van der Waals surface area contributed by atoms with E-state index in [1.165, 1.54) is 0 Å². The van der Waals surface area contributed by atoms with Gasteiger partial charge < -0.3 is 0 Å². The zero-order chi connectivity index (χ0) is 6.57. The van der Waals surface area contributed by atoms with Crippen molar-refractivity contribution in [3.63, 3.8) is 0 Å². The fraction of sp³-hybridized carbons (Fsp3) is 0.667. The average molecular weight is 262 g/mol. The quantitative estimate of drug-likeness (QED) is 0.676. The van der Waals surface area contributed by atoms with E-state index in [4.69, 9.17) is 17.8 Å². The summed E-state index contributed by atoms with van der Waals surface area (Å²) in [5.74, 6) is -1.07. The Bertz CT molecular complexity index is 85.4. The minimum absolute atomic E-state index is 0.0156. The second-order valence-electron chi connectivity index (χ2n) is 1.21. The maximum absolute atomic E-state index is 9.71. The Morgan fingerprint density at radius 2 is 2.12 bits per heavy atom. The summed E-state index contributed by atoms with van der Waals surface area (Å²) in [5.41, 5.74) is 0. The van der Waals surface area contributed by atoms with Gasteiger partial charge in [0.15, 0.2) is 0 Å². The molecule has 0 spiro atoms. The van der Waals surface area contributed by atoms with Crippen LogP contribution in [-0.2, 0) is 4.79 Å². The molecule has 0 aliphatic heterocycles. The standard InChI is InChI=1S/C3H5O2.2ClH.Sn/c1-2-3(4)5;;;/h1-2H2,(H,4,5);2*1H;/q;;;+2/p-3. The Morgan fingerprint density at radius 3 is 2.25 bits per heavy atom. The van der Waals surface area contributed by atoms with E-state index >= 15 is 0 Å². The van der Waals surface area contributed by atoms with Gasteiger partial charge in [0.1, 0.15) is 0 Å². The SMILES string of the molecule is O=C([O-])C[CH2][Sn]([Cl])[Cl]. The predicted molar refractivity (Wildman–Crippen MR) is 31.9 cm³/mol. The van der Waals surface area contributed by atoms with Crippen LogP contribution in [0.25, 0.3) is 0 Å². The molecule has 1 radical (unpaired) electrons. The van der Waals surface area contributed by atoms with E-state index in [0.717, 1.165) is 0 Å². The molecule has 0 fully saturated rings. The number of halogens is 2. The van der Waals surface area contributed by atoms with Crippen molar-refractivity contribution in [2.45, 2.75) is 10.9 Å². The van der Waals surface area contributed by atoms with Gasteiger partial charge >= 0.3 is 62.1 Å². The van der Waals surface area contributed by atoms with E-state index in [1.54, 1.807) is 0 Å². The van der Waals surface area contributed by atoms with E-state index in [-0.39, 0.29) is 6.42 Å². The Morgan fingerprint density at radius 1 is 1.62 bits per heavy atom. The van der Waals surface area contributed by atoms with Gasteiger partial charge in [-0.1, -0.05) is 0 Å². The number of aliphatic carboxylic acids is 1. The van der Waals surface area contributed by atoms with Gasteiger partial charge in [0.25, 0.3) is 0 Å². The maximum atomic E-state index is 9.71. The van der Waals surface area contributed by atoms with Gasteiger partial charge in [0.05, 0.1) is 0 Å². The summed E-state index contributed by atoms with van der Waals surface area (Å²) in [6, 6.07) is 0. The third kappa shape index (κ3) is 6.85. The summed E-state index contributed by atoms with van der Waals surface area (Å²) >= 11 is -2.17. The summed E-state index contributed by atoms with van der Waals surface area (Å²) in [5, 5.41) is 9.71. The van der Waals surface area contributed by atoms with Crippen molar-refractivity contribution in [3.8, 4) is 0 Å². The Labute approximate surface area is 61.9 Å². The van der Waals surface area contributed by atoms with Crippen LogP contribution >= 0.6 is 17.8 Å². The fourth-order valence-electron chi connectivity index (χ4n) is 0.197. The van der Waals surface area contributed by atoms with Crippen LogP contribution in [-0.4, -0.2) is 23.5 Å². The topological polar surface area (TPSA) is 40.1 Å². The number of carboxylic acids is 1. The molecule has 47 valence electrons. The molecule has 0 rings (SSSR count). The molecule has 0 aromatic rings. The Kier molecular flexibility index (Phi) is 5.20. The second-order valence-corrected chi connectivity index (χ2v) is 12.0. The van der Waals surface area contributed by atoms with E-state index in [2.05, 4.69) is 0 Å². The van der Waals surface area contributed by atoms with Gasteiger partial charge in [-0.05, 0) is 0 Å². The number of carbonyl (C=O) groups is 1. The summed E-state index contributed by atoms with van der Waals surface area (Å²) in [6.07, 6.45) is 0.0156. The number of rotatable bonds is 3. The predicted octanol–water partition coefficient (Wildman–Crippen LogP) is 0.0922. The first-order valence-corrected chi connectivity index (χ1v) is 11.2. The average Bonchev–Trinajstić information content (AvgIpc) is 1.61. The van der Waals surface area contributed by atoms with Crippen molar-refractivity contribution in [2.75, 3.05) is 0 Å². The molecule has 0 amide bonds. The van der Waals surface area contributed by atoms with Crippen LogP contribution in [0, 0.1) is 0 Å². The molecule has 8 heavy (non-hydrogen) atoms. The molecule has 0 aromatic heterocycles. The Balaban J connectivity index is 3.05. The van der Waals surface area contributed by atoms with Crippen LogP contribution in [0.3, 0.4) is 0 Å². The van der Waals surface area contributed by atoms with Gasteiger partial charge in [-0.3, -0.25) is 0 Å². The summed E-state index contributed by atoms with van der Waals surface area (Å²) < 4.78 is 0.452. The molecule has 0 heterocycles. The molecule has 5 heteroatoms. The van der Waals surface area contributed by atoms with Crippen LogP contribution in [0.2, 0.25) is 4.44 Å². The third-order valence-corrected chi connectivity index (χ3v) is 4.85. The first kappa shape index (κ1) is 8.85. The van der Waals surface area contributed by atoms with Gasteiger partial charge in [0, 0.05) is 0 Å². The van der Waals surface area contributed by atoms with Crippen molar-refractivity contribution < 1.29 is 9.90 Å². The fourth-order valence-corrected chi connectivity index (χ4v) is 2.59. The first-order chi connectivity index (χ1) is 3.63. The molecule has 2 nitrogen and oxygen atoms in total. The molecular weight excluding hydrogens is 258 g/mol. The molecule has 0 aromatic carbocycles. The van der Waals surface area contributed by atoms with Gasteiger partial charge in [-0.2, -0.15) is 0 Å². The van der Waals surface area contributed by atoms with Gasteiger partial charge in [0.2, 0.25) is 0 Å². The summed E-state index contributed by atoms with van der Waals surface area (Å²) in [7, 11) is 10.8. The van der Waals surface area contributed by atoms with Crippen LogP contribution < -0.4 is 5.11 Å². The monoisotopic (exact) mass is 262 g/mol. The molecular formula is C3H4Cl2O2Sn-. The van der Waals surface area contributed by atoms with Crippen molar-refractivity contribution in [2.24, 2.45) is 0 Å². The van der Waals surface area contributed by atoms with E-state index in [1.807, 2.05) is 0 Å². The summed E-state index contributed by atoms with van der Waals surface area (Å²) in [6.45, 7) is 0. The zero-order valence-corrected chi connectivity index (χ0v) is 8.35. The molecule has 0 N–H and O–H groups in total. The van der Waals surface area contributed by atoms with Crippen LogP contribution in [0.5, 0.6) is 0 Å². The van der Waals surface area contributed by atoms with Gasteiger partial charge in [-0.15, -0.1) is 0 Å². The van der Waals surface area contributed by atoms with Crippen molar-refractivity contribution >= 4 is 41.3 Å². The number of hydrogen-bond donors (Lipinski definition) is 0. The normalized spacial score (nSPS) is 9.88. The molecule has 0 unspecified atom stereocenters. The first-order valence-electron chi connectivity index (χ1n) is 1.99. The minimum atomic E-state index is -2.17. The van der Waals surface area contributed by atoms with E-state index in [0.29, 0.717) is 4.44 Å². The van der Waals surface area contributed by atoms with Crippen molar-refractivity contribution in [1.82, 2.24) is 0 Å². The van der Waals surface area contributed by atoms with Crippen molar-refractivity contribution in [1.29, 1.82) is 0 Å². The Hall–Kier alpha value is 0.849. The van der Waals surface area contributed by atoms with Crippen LogP contribution in [0.4, 0.5) is 0 Å². The van der Waals surface area contributed by atoms with E-state index in [9.17, 15) is 9.90 Å². The second kappa shape index (κ2) is 4.70. The molecule has 0 aliphatic carbocycles. The third-order valence-electron chi connectivity index (χ3n) is 0.518. The molecule has 0 saturated carbocycles. The number of carbonyl (C=O) groups excluding carboxylic acids is 1. The number of hydrogen-bond acceptors (Lipinski definition) is 2. The zero-order valence-electron chi connectivity index (χ0n) is 3.99.